The number of aromatic nitrogens is 1. The predicted octanol–water partition coefficient (Wildman–Crippen LogP) is 4.49. The first-order valence-electron chi connectivity index (χ1n) is 9.42. The van der Waals surface area contributed by atoms with Gasteiger partial charge < -0.3 is 18.9 Å². The second-order valence-corrected chi connectivity index (χ2v) is 7.08. The van der Waals surface area contributed by atoms with Crippen LogP contribution in [0.3, 0.4) is 0 Å². The van der Waals surface area contributed by atoms with Gasteiger partial charge in [-0.1, -0.05) is 35.9 Å². The molecule has 0 aliphatic carbocycles. The monoisotopic (exact) mass is 412 g/mol. The van der Waals surface area contributed by atoms with Crippen molar-refractivity contribution in [1.82, 2.24) is 9.47 Å². The third-order valence-corrected chi connectivity index (χ3v) is 5.11. The molecule has 1 heterocycles. The van der Waals surface area contributed by atoms with Crippen LogP contribution in [0.1, 0.15) is 21.6 Å². The average Bonchev–Trinajstić information content (AvgIpc) is 3.18. The van der Waals surface area contributed by atoms with Crippen molar-refractivity contribution in [2.45, 2.75) is 13.1 Å². The van der Waals surface area contributed by atoms with E-state index in [4.69, 9.17) is 21.1 Å². The highest BCUT2D eigenvalue weighted by Crippen LogP contribution is 2.19. The number of benzene rings is 2. The molecule has 2 aromatic carbocycles. The summed E-state index contributed by atoms with van der Waals surface area (Å²) >= 11 is 6.32. The molecule has 6 heteroatoms. The fourth-order valence-electron chi connectivity index (χ4n) is 3.15. The third kappa shape index (κ3) is 5.40. The van der Waals surface area contributed by atoms with Crippen molar-refractivity contribution in [1.29, 1.82) is 0 Å². The predicted molar refractivity (Wildman–Crippen MR) is 115 cm³/mol. The minimum absolute atomic E-state index is 0.0635. The number of carbonyl (C=O) groups excluding carboxylic acids is 1. The zero-order chi connectivity index (χ0) is 20.6. The number of halogens is 1. The molecule has 0 bridgehead atoms. The summed E-state index contributed by atoms with van der Waals surface area (Å²) in [6.45, 7) is 2.06. The van der Waals surface area contributed by atoms with E-state index in [1.165, 1.54) is 0 Å². The number of carbonyl (C=O) groups is 1. The Bertz CT molecular complexity index is 955. The van der Waals surface area contributed by atoms with Gasteiger partial charge in [0.2, 0.25) is 0 Å². The quantitative estimate of drug-likeness (QED) is 0.520. The van der Waals surface area contributed by atoms with Crippen molar-refractivity contribution >= 4 is 17.5 Å². The van der Waals surface area contributed by atoms with Crippen molar-refractivity contribution in [3.05, 3.63) is 88.7 Å². The summed E-state index contributed by atoms with van der Waals surface area (Å²) in [5.41, 5.74) is 2.65. The molecule has 5 nitrogen and oxygen atoms in total. The van der Waals surface area contributed by atoms with Gasteiger partial charge in [0.15, 0.2) is 0 Å². The summed E-state index contributed by atoms with van der Waals surface area (Å²) in [6, 6.07) is 19.0. The smallest absolute Gasteiger partial charge is 0.254 e. The van der Waals surface area contributed by atoms with Gasteiger partial charge in [-0.25, -0.2) is 0 Å². The van der Waals surface area contributed by atoms with Crippen molar-refractivity contribution in [2.75, 3.05) is 27.4 Å². The van der Waals surface area contributed by atoms with Crippen LogP contribution in [-0.4, -0.2) is 42.7 Å². The topological polar surface area (TPSA) is 43.7 Å². The van der Waals surface area contributed by atoms with Gasteiger partial charge in [-0.05, 0) is 42.0 Å². The summed E-state index contributed by atoms with van der Waals surface area (Å²) in [7, 11) is 3.22. The molecule has 0 saturated carbocycles. The van der Waals surface area contributed by atoms with Gasteiger partial charge in [0.25, 0.3) is 5.91 Å². The summed E-state index contributed by atoms with van der Waals surface area (Å²) in [5.74, 6) is 0.594. The second kappa shape index (κ2) is 10.1. The lowest BCUT2D eigenvalue weighted by molar-refractivity contribution is 0.0675. The van der Waals surface area contributed by atoms with E-state index in [0.717, 1.165) is 16.3 Å². The van der Waals surface area contributed by atoms with Gasteiger partial charge in [-0.3, -0.25) is 4.79 Å². The maximum atomic E-state index is 13.2. The molecular weight excluding hydrogens is 388 g/mol. The van der Waals surface area contributed by atoms with Gasteiger partial charge in [0, 0.05) is 42.7 Å². The summed E-state index contributed by atoms with van der Waals surface area (Å²) in [5, 5.41) is 0.732. The Morgan fingerprint density at radius 3 is 2.66 bits per heavy atom. The molecule has 152 valence electrons. The molecule has 1 aromatic heterocycles. The van der Waals surface area contributed by atoms with Crippen LogP contribution in [0.25, 0.3) is 0 Å². The molecule has 0 radical (unpaired) electrons. The number of hydrogen-bond donors (Lipinski definition) is 0. The highest BCUT2D eigenvalue weighted by atomic mass is 35.5. The average molecular weight is 413 g/mol. The first-order valence-corrected chi connectivity index (χ1v) is 9.80. The fourth-order valence-corrected chi connectivity index (χ4v) is 3.34. The standard InChI is InChI=1S/C23H25ClN2O3/c1-28-14-13-26(23(27)18-8-5-10-21(15-18)29-2)17-20-9-6-12-25(20)16-19-7-3-4-11-22(19)24/h3-12,15H,13-14,16-17H2,1-2H3. The van der Waals surface area contributed by atoms with E-state index in [9.17, 15) is 4.79 Å². The van der Waals surface area contributed by atoms with Crippen molar-refractivity contribution in [3.8, 4) is 5.75 Å². The Labute approximate surface area is 176 Å². The third-order valence-electron chi connectivity index (χ3n) is 4.74. The maximum Gasteiger partial charge on any atom is 0.254 e. The van der Waals surface area contributed by atoms with Crippen LogP contribution < -0.4 is 4.74 Å². The van der Waals surface area contributed by atoms with Crippen LogP contribution in [0.15, 0.2) is 66.9 Å². The molecule has 0 atom stereocenters. The van der Waals surface area contributed by atoms with Gasteiger partial charge in [0.1, 0.15) is 5.75 Å². The Hall–Kier alpha value is -2.76. The van der Waals surface area contributed by atoms with Crippen molar-refractivity contribution < 1.29 is 14.3 Å². The Morgan fingerprint density at radius 1 is 1.07 bits per heavy atom. The molecular formula is C23H25ClN2O3. The maximum absolute atomic E-state index is 13.2. The number of nitrogens with zero attached hydrogens (tertiary/aromatic N) is 2. The lowest BCUT2D eigenvalue weighted by Gasteiger charge is -2.24. The van der Waals surface area contributed by atoms with E-state index < -0.39 is 0 Å². The SMILES string of the molecule is COCCN(Cc1cccn1Cc1ccccc1Cl)C(=O)c1cccc(OC)c1. The molecule has 29 heavy (non-hydrogen) atoms. The normalized spacial score (nSPS) is 10.7. The van der Waals surface area contributed by atoms with E-state index in [0.29, 0.717) is 37.6 Å². The van der Waals surface area contributed by atoms with E-state index in [1.54, 1.807) is 31.3 Å². The Morgan fingerprint density at radius 2 is 1.90 bits per heavy atom. The molecule has 3 rings (SSSR count). The zero-order valence-corrected chi connectivity index (χ0v) is 17.4. The van der Waals surface area contributed by atoms with Crippen molar-refractivity contribution in [2.24, 2.45) is 0 Å². The van der Waals surface area contributed by atoms with Gasteiger partial charge in [0.05, 0.1) is 20.3 Å². The number of rotatable bonds is 9. The van der Waals surface area contributed by atoms with Gasteiger partial charge >= 0.3 is 0 Å². The molecule has 0 N–H and O–H groups in total. The molecule has 3 aromatic rings. The number of hydrogen-bond acceptors (Lipinski definition) is 3. The van der Waals surface area contributed by atoms with Crippen LogP contribution in [-0.2, 0) is 17.8 Å². The highest BCUT2D eigenvalue weighted by Gasteiger charge is 2.18. The lowest BCUT2D eigenvalue weighted by Crippen LogP contribution is -2.34. The van der Waals surface area contributed by atoms with Crippen LogP contribution in [0.5, 0.6) is 5.75 Å². The Kier molecular flexibility index (Phi) is 7.33. The van der Waals surface area contributed by atoms with Crippen LogP contribution in [0.2, 0.25) is 5.02 Å². The molecule has 0 fully saturated rings. The second-order valence-electron chi connectivity index (χ2n) is 6.67. The molecule has 0 unspecified atom stereocenters. The molecule has 1 amide bonds. The van der Waals surface area contributed by atoms with Crippen LogP contribution in [0.4, 0.5) is 0 Å². The van der Waals surface area contributed by atoms with E-state index in [1.807, 2.05) is 54.7 Å². The minimum atomic E-state index is -0.0635. The summed E-state index contributed by atoms with van der Waals surface area (Å²) in [6.07, 6.45) is 2.00. The zero-order valence-electron chi connectivity index (χ0n) is 16.7. The summed E-state index contributed by atoms with van der Waals surface area (Å²) in [4.78, 5) is 14.9. The largest absolute Gasteiger partial charge is 0.497 e. The number of amides is 1. The lowest BCUT2D eigenvalue weighted by atomic mass is 10.1. The first kappa shape index (κ1) is 21.0. The van der Waals surface area contributed by atoms with Crippen molar-refractivity contribution in [3.63, 3.8) is 0 Å². The molecule has 0 aliphatic rings. The van der Waals surface area contributed by atoms with E-state index in [-0.39, 0.29) is 5.91 Å². The van der Waals surface area contributed by atoms with Gasteiger partial charge in [-0.2, -0.15) is 0 Å². The molecule has 0 spiro atoms. The number of ether oxygens (including phenoxy) is 2. The van der Waals surface area contributed by atoms with E-state index >= 15 is 0 Å². The van der Waals surface area contributed by atoms with Crippen LogP contribution in [0, 0.1) is 0 Å². The Balaban J connectivity index is 1.81. The van der Waals surface area contributed by atoms with E-state index in [2.05, 4.69) is 4.57 Å². The van der Waals surface area contributed by atoms with Crippen LogP contribution >= 0.6 is 11.6 Å². The van der Waals surface area contributed by atoms with Gasteiger partial charge in [-0.15, -0.1) is 0 Å². The number of methoxy groups -OCH3 is 2. The molecule has 0 aliphatic heterocycles. The highest BCUT2D eigenvalue weighted by molar-refractivity contribution is 6.31. The molecule has 0 saturated heterocycles. The first-order chi connectivity index (χ1) is 14.1. The fraction of sp³-hybridized carbons (Fsp3) is 0.261. The minimum Gasteiger partial charge on any atom is -0.497 e. The summed E-state index contributed by atoms with van der Waals surface area (Å²) < 4.78 is 12.6.